The second-order valence-electron chi connectivity index (χ2n) is 19.1. The number of hydrogen-bond donors (Lipinski definition) is 0. The minimum atomic E-state index is 0.408. The molecule has 0 heteroatoms. The van der Waals surface area contributed by atoms with Gasteiger partial charge in [0.1, 0.15) is 0 Å². The SMILES string of the molecule is CCC(CC(CC(CC(CC(C)c1c(C)cc(C)cc1C)c1c(C)cc(C)cc1C)c1c(C)cc(C)cc1C)c1c(C)cc(C)cc1C)c1c(C)cc(C)cc1C. The third-order valence-corrected chi connectivity index (χ3v) is 13.7. The molecule has 0 saturated heterocycles. The lowest BCUT2D eigenvalue weighted by Crippen LogP contribution is -2.19. The number of rotatable bonds is 14. The Balaban J connectivity index is 1.72. The second-order valence-corrected chi connectivity index (χ2v) is 19.1. The van der Waals surface area contributed by atoms with Gasteiger partial charge in [0, 0.05) is 0 Å². The number of benzene rings is 5. The van der Waals surface area contributed by atoms with E-state index in [1.165, 1.54) is 83.5 Å². The molecular formula is C57H76. The maximum atomic E-state index is 2.51. The van der Waals surface area contributed by atoms with Crippen molar-refractivity contribution in [2.45, 2.75) is 179 Å². The van der Waals surface area contributed by atoms with Crippen LogP contribution in [0.25, 0.3) is 0 Å². The fourth-order valence-corrected chi connectivity index (χ4v) is 12.4. The Morgan fingerprint density at radius 2 is 0.474 bits per heavy atom. The van der Waals surface area contributed by atoms with Crippen LogP contribution < -0.4 is 0 Å². The van der Waals surface area contributed by atoms with Crippen LogP contribution in [0.4, 0.5) is 0 Å². The molecule has 0 radical (unpaired) electrons. The molecule has 0 aliphatic carbocycles. The zero-order valence-electron chi connectivity index (χ0n) is 39.2. The van der Waals surface area contributed by atoms with Gasteiger partial charge in [-0.2, -0.15) is 0 Å². The first-order chi connectivity index (χ1) is 26.8. The van der Waals surface area contributed by atoms with Crippen LogP contribution in [0.2, 0.25) is 0 Å². The molecule has 5 aromatic rings. The van der Waals surface area contributed by atoms with Crippen LogP contribution >= 0.6 is 0 Å². The van der Waals surface area contributed by atoms with Crippen molar-refractivity contribution < 1.29 is 0 Å². The van der Waals surface area contributed by atoms with Crippen LogP contribution in [-0.2, 0) is 0 Å². The third-order valence-electron chi connectivity index (χ3n) is 13.7. The largest absolute Gasteiger partial charge is 0.0648 e. The van der Waals surface area contributed by atoms with Crippen LogP contribution in [0.5, 0.6) is 0 Å². The van der Waals surface area contributed by atoms with Gasteiger partial charge in [0.25, 0.3) is 0 Å². The summed E-state index contributed by atoms with van der Waals surface area (Å²) in [4.78, 5) is 0. The second kappa shape index (κ2) is 18.4. The zero-order valence-corrected chi connectivity index (χ0v) is 39.2. The summed E-state index contributed by atoms with van der Waals surface area (Å²) >= 11 is 0. The molecule has 0 bridgehead atoms. The van der Waals surface area contributed by atoms with Crippen molar-refractivity contribution >= 4 is 0 Å². The third kappa shape index (κ3) is 10.0. The van der Waals surface area contributed by atoms with E-state index in [0.717, 1.165) is 32.1 Å². The van der Waals surface area contributed by atoms with Crippen LogP contribution in [-0.4, -0.2) is 0 Å². The fraction of sp³-hybridized carbons (Fsp3) is 0.474. The Labute approximate surface area is 350 Å². The van der Waals surface area contributed by atoms with Gasteiger partial charge < -0.3 is 0 Å². The molecule has 0 heterocycles. The summed E-state index contributed by atoms with van der Waals surface area (Å²) in [6.45, 7) is 39.9. The van der Waals surface area contributed by atoms with E-state index in [9.17, 15) is 0 Å². The lowest BCUT2D eigenvalue weighted by atomic mass is 9.69. The van der Waals surface area contributed by atoms with Gasteiger partial charge in [-0.15, -0.1) is 0 Å². The molecule has 0 nitrogen and oxygen atoms in total. The Bertz CT molecular complexity index is 2110. The predicted molar refractivity (Wildman–Crippen MR) is 251 cm³/mol. The van der Waals surface area contributed by atoms with Gasteiger partial charge >= 0.3 is 0 Å². The molecule has 0 fully saturated rings. The lowest BCUT2D eigenvalue weighted by Gasteiger charge is -2.35. The van der Waals surface area contributed by atoms with Crippen molar-refractivity contribution in [2.24, 2.45) is 0 Å². The van der Waals surface area contributed by atoms with E-state index in [-0.39, 0.29) is 0 Å². The van der Waals surface area contributed by atoms with Crippen molar-refractivity contribution in [1.29, 1.82) is 0 Å². The number of aryl methyl sites for hydroxylation is 15. The summed E-state index contributed by atoms with van der Waals surface area (Å²) < 4.78 is 0. The van der Waals surface area contributed by atoms with Gasteiger partial charge in [0.2, 0.25) is 0 Å². The van der Waals surface area contributed by atoms with Crippen molar-refractivity contribution in [3.63, 3.8) is 0 Å². The molecule has 57 heavy (non-hydrogen) atoms. The highest BCUT2D eigenvalue weighted by Crippen LogP contribution is 2.48. The molecule has 5 atom stereocenters. The minimum absolute atomic E-state index is 0.408. The molecule has 0 saturated carbocycles. The molecule has 0 aliphatic rings. The standard InChI is InChI=1S/C57H76/c1-18-49(54-40(9)21-34(3)22-41(54)10)30-51(56-44(13)25-36(5)26-45(56)14)32-52(57-46(15)27-37(6)28-47(57)16)31-50(55-42(11)23-35(4)24-43(55)12)29-48(17)53-38(7)19-33(2)20-39(53)8/h19-28,48-52H,18,29-32H2,1-17H3. The molecular weight excluding hydrogens is 685 g/mol. The summed E-state index contributed by atoms with van der Waals surface area (Å²) in [6, 6.07) is 24.3. The normalized spacial score (nSPS) is 14.4. The molecule has 0 N–H and O–H groups in total. The van der Waals surface area contributed by atoms with Gasteiger partial charge in [-0.05, 0) is 249 Å². The maximum absolute atomic E-state index is 2.51. The highest BCUT2D eigenvalue weighted by atomic mass is 14.4. The van der Waals surface area contributed by atoms with E-state index in [1.54, 1.807) is 27.8 Å². The molecule has 5 rings (SSSR count). The Hall–Kier alpha value is -3.90. The molecule has 0 aliphatic heterocycles. The maximum Gasteiger partial charge on any atom is -0.0145 e. The van der Waals surface area contributed by atoms with Crippen LogP contribution in [0.15, 0.2) is 60.7 Å². The lowest BCUT2D eigenvalue weighted by molar-refractivity contribution is 0.401. The molecule has 5 aromatic carbocycles. The monoisotopic (exact) mass is 761 g/mol. The Morgan fingerprint density at radius 3 is 0.719 bits per heavy atom. The smallest absolute Gasteiger partial charge is 0.0145 e. The van der Waals surface area contributed by atoms with E-state index in [1.807, 2.05) is 0 Å². The Morgan fingerprint density at radius 1 is 0.281 bits per heavy atom. The summed E-state index contributed by atoms with van der Waals surface area (Å²) in [5, 5.41) is 0. The predicted octanol–water partition coefficient (Wildman–Crippen LogP) is 16.5. The average Bonchev–Trinajstić information content (AvgIpc) is 3.05. The molecule has 0 spiro atoms. The van der Waals surface area contributed by atoms with E-state index in [4.69, 9.17) is 0 Å². The van der Waals surface area contributed by atoms with Crippen LogP contribution in [0, 0.1) is 104 Å². The summed E-state index contributed by atoms with van der Waals surface area (Å²) in [7, 11) is 0. The molecule has 5 unspecified atom stereocenters. The topological polar surface area (TPSA) is 0 Å². The van der Waals surface area contributed by atoms with Gasteiger partial charge in [-0.3, -0.25) is 0 Å². The highest BCUT2D eigenvalue weighted by Gasteiger charge is 2.32. The quantitative estimate of drug-likeness (QED) is 0.106. The fourth-order valence-electron chi connectivity index (χ4n) is 12.4. The first kappa shape index (κ1) is 44.2. The van der Waals surface area contributed by atoms with Crippen molar-refractivity contribution in [1.82, 2.24) is 0 Å². The van der Waals surface area contributed by atoms with Gasteiger partial charge in [0.05, 0.1) is 0 Å². The zero-order chi connectivity index (χ0) is 42.0. The first-order valence-corrected chi connectivity index (χ1v) is 22.2. The number of hydrogen-bond acceptors (Lipinski definition) is 0. The summed E-state index contributed by atoms with van der Waals surface area (Å²) in [5.41, 5.74) is 29.3. The summed E-state index contributed by atoms with van der Waals surface area (Å²) in [5.74, 6) is 2.22. The van der Waals surface area contributed by atoms with Crippen molar-refractivity contribution in [3.05, 3.63) is 172 Å². The highest BCUT2D eigenvalue weighted by molar-refractivity contribution is 5.47. The van der Waals surface area contributed by atoms with Crippen LogP contribution in [0.1, 0.15) is 187 Å². The molecule has 0 amide bonds. The first-order valence-electron chi connectivity index (χ1n) is 22.2. The van der Waals surface area contributed by atoms with Gasteiger partial charge in [-0.25, -0.2) is 0 Å². The van der Waals surface area contributed by atoms with Crippen molar-refractivity contribution in [2.75, 3.05) is 0 Å². The van der Waals surface area contributed by atoms with Gasteiger partial charge in [0.15, 0.2) is 0 Å². The molecule has 304 valence electrons. The van der Waals surface area contributed by atoms with Crippen molar-refractivity contribution in [3.8, 4) is 0 Å². The van der Waals surface area contributed by atoms with Gasteiger partial charge in [-0.1, -0.05) is 102 Å². The van der Waals surface area contributed by atoms with Crippen LogP contribution in [0.3, 0.4) is 0 Å². The summed E-state index contributed by atoms with van der Waals surface area (Å²) in [6.07, 6.45) is 5.74. The van der Waals surface area contributed by atoms with E-state index in [2.05, 4.69) is 178 Å². The molecule has 0 aromatic heterocycles. The Kier molecular flexibility index (Phi) is 14.2. The van der Waals surface area contributed by atoms with E-state index in [0.29, 0.717) is 29.6 Å². The average molecular weight is 761 g/mol. The van der Waals surface area contributed by atoms with E-state index < -0.39 is 0 Å². The minimum Gasteiger partial charge on any atom is -0.0648 e. The van der Waals surface area contributed by atoms with E-state index >= 15 is 0 Å².